The number of pyridine rings is 1. The minimum atomic E-state index is -0.597. The molecule has 1 aliphatic rings. The number of primary amides is 1. The third kappa shape index (κ3) is 5.58. The molecule has 0 unspecified atom stereocenters. The van der Waals surface area contributed by atoms with Crippen LogP contribution in [0.25, 0.3) is 21.0 Å². The summed E-state index contributed by atoms with van der Waals surface area (Å²) in [5.74, 6) is -0.597. The van der Waals surface area contributed by atoms with E-state index in [2.05, 4.69) is 22.3 Å². The molecule has 1 amide bonds. The highest BCUT2D eigenvalue weighted by atomic mass is 35.5. The van der Waals surface area contributed by atoms with Crippen LogP contribution < -0.4 is 16.6 Å². The number of methoxy groups -OCH3 is 1. The molecule has 0 saturated carbocycles. The molecule has 9 heteroatoms. The van der Waals surface area contributed by atoms with Gasteiger partial charge in [0.15, 0.2) is 0 Å². The SMILES string of the molecule is COCc1ccc2c(C(N)=O)cc(=O)n(CCN3CCC(NCc4sc5ccccc5c4Cl)CC3)c2c1. The molecule has 4 aromatic rings. The molecule has 1 saturated heterocycles. The smallest absolute Gasteiger partial charge is 0.251 e. The molecule has 0 aliphatic carbocycles. The van der Waals surface area contributed by atoms with E-state index in [4.69, 9.17) is 22.1 Å². The molecule has 3 heterocycles. The Balaban J connectivity index is 1.21. The summed E-state index contributed by atoms with van der Waals surface area (Å²) in [6.45, 7) is 4.42. The third-order valence-corrected chi connectivity index (χ3v) is 8.85. The van der Waals surface area contributed by atoms with Crippen LogP contribution in [0.15, 0.2) is 53.3 Å². The second kappa shape index (κ2) is 11.3. The van der Waals surface area contributed by atoms with Crippen molar-refractivity contribution in [2.24, 2.45) is 5.73 Å². The summed E-state index contributed by atoms with van der Waals surface area (Å²) in [6, 6.07) is 15.7. The van der Waals surface area contributed by atoms with Gasteiger partial charge in [-0.25, -0.2) is 0 Å². The lowest BCUT2D eigenvalue weighted by Crippen LogP contribution is -2.43. The molecule has 5 rings (SSSR count). The van der Waals surface area contributed by atoms with Gasteiger partial charge in [0.05, 0.1) is 22.7 Å². The number of nitrogens with one attached hydrogen (secondary N) is 1. The lowest BCUT2D eigenvalue weighted by molar-refractivity contribution is 0.100. The van der Waals surface area contributed by atoms with E-state index in [-0.39, 0.29) is 11.1 Å². The lowest BCUT2D eigenvalue weighted by Gasteiger charge is -2.32. The second-order valence-electron chi connectivity index (χ2n) is 9.53. The maximum absolute atomic E-state index is 13.0. The molecule has 3 N–H and O–H groups in total. The Morgan fingerprint density at radius 1 is 1.14 bits per heavy atom. The number of carbonyl (C=O) groups is 1. The number of benzene rings is 2. The number of amides is 1. The van der Waals surface area contributed by atoms with Gasteiger partial charge in [0.2, 0.25) is 5.91 Å². The summed E-state index contributed by atoms with van der Waals surface area (Å²) < 4.78 is 8.23. The van der Waals surface area contributed by atoms with Gasteiger partial charge < -0.3 is 25.3 Å². The third-order valence-electron chi connectivity index (χ3n) is 7.13. The van der Waals surface area contributed by atoms with Gasteiger partial charge in [-0.2, -0.15) is 0 Å². The van der Waals surface area contributed by atoms with E-state index in [9.17, 15) is 9.59 Å². The Kier molecular flexibility index (Phi) is 7.92. The predicted molar refractivity (Wildman–Crippen MR) is 151 cm³/mol. The molecule has 0 radical (unpaired) electrons. The summed E-state index contributed by atoms with van der Waals surface area (Å²) in [5.41, 5.74) is 7.25. The molecule has 1 fully saturated rings. The van der Waals surface area contributed by atoms with Crippen molar-refractivity contribution < 1.29 is 9.53 Å². The number of nitrogens with two attached hydrogens (primary N) is 1. The first-order valence-corrected chi connectivity index (χ1v) is 13.7. The minimum Gasteiger partial charge on any atom is -0.380 e. The number of thiophene rings is 1. The van der Waals surface area contributed by atoms with Crippen molar-refractivity contribution in [2.75, 3.05) is 26.7 Å². The van der Waals surface area contributed by atoms with Crippen LogP contribution in [0.4, 0.5) is 0 Å². The molecular weight excluding hydrogens is 508 g/mol. The number of aromatic nitrogens is 1. The van der Waals surface area contributed by atoms with Crippen LogP contribution in [0.5, 0.6) is 0 Å². The maximum atomic E-state index is 13.0. The number of halogens is 1. The van der Waals surface area contributed by atoms with Gasteiger partial charge in [0.1, 0.15) is 0 Å². The fourth-order valence-electron chi connectivity index (χ4n) is 5.13. The molecule has 0 atom stereocenters. The number of likely N-dealkylation sites (tertiary alicyclic amines) is 1. The zero-order valence-corrected chi connectivity index (χ0v) is 22.4. The van der Waals surface area contributed by atoms with E-state index in [0.29, 0.717) is 30.1 Å². The van der Waals surface area contributed by atoms with Crippen LogP contribution >= 0.6 is 22.9 Å². The van der Waals surface area contributed by atoms with Crippen molar-refractivity contribution in [2.45, 2.75) is 38.6 Å². The van der Waals surface area contributed by atoms with E-state index in [1.54, 1.807) is 23.0 Å². The zero-order chi connectivity index (χ0) is 25.9. The number of nitrogens with zero attached hydrogens (tertiary/aromatic N) is 2. The average molecular weight is 539 g/mol. The van der Waals surface area contributed by atoms with E-state index in [1.165, 1.54) is 15.6 Å². The highest BCUT2D eigenvalue weighted by Crippen LogP contribution is 2.35. The fourth-order valence-corrected chi connectivity index (χ4v) is 6.59. The van der Waals surface area contributed by atoms with Gasteiger partial charge in [0, 0.05) is 59.2 Å². The molecule has 2 aromatic heterocycles. The van der Waals surface area contributed by atoms with E-state index in [1.807, 2.05) is 30.3 Å². The number of carbonyl (C=O) groups excluding carboxylic acids is 1. The molecule has 0 bridgehead atoms. The normalized spacial score (nSPS) is 15.1. The molecule has 194 valence electrons. The Morgan fingerprint density at radius 2 is 1.92 bits per heavy atom. The zero-order valence-electron chi connectivity index (χ0n) is 20.8. The Labute approximate surface area is 224 Å². The molecule has 1 aliphatic heterocycles. The average Bonchev–Trinajstić information content (AvgIpc) is 3.22. The quantitative estimate of drug-likeness (QED) is 0.330. The fraction of sp³-hybridized carbons (Fsp3) is 0.357. The predicted octanol–water partition coefficient (Wildman–Crippen LogP) is 4.37. The number of rotatable bonds is 9. The van der Waals surface area contributed by atoms with Crippen LogP contribution in [0, 0.1) is 0 Å². The Bertz CT molecular complexity index is 1490. The Morgan fingerprint density at radius 3 is 2.65 bits per heavy atom. The minimum absolute atomic E-state index is 0.215. The van der Waals surface area contributed by atoms with Gasteiger partial charge in [-0.05, 0) is 43.6 Å². The standard InChI is InChI=1S/C28H31ClN4O3S/c1-36-17-18-6-7-20-22(28(30)35)15-26(34)33(23(20)14-18)13-12-32-10-8-19(9-11-32)31-16-25-27(29)21-4-2-3-5-24(21)37-25/h2-7,14-15,19,31H,8-13,16-17H2,1H3,(H2,30,35). The second-order valence-corrected chi connectivity index (χ2v) is 11.0. The Hall–Kier alpha value is -2.75. The summed E-state index contributed by atoms with van der Waals surface area (Å²) in [5, 5.41) is 6.37. The van der Waals surface area contributed by atoms with Gasteiger partial charge in [-0.15, -0.1) is 11.3 Å². The van der Waals surface area contributed by atoms with Crippen molar-refractivity contribution in [3.8, 4) is 0 Å². The topological polar surface area (TPSA) is 89.6 Å². The van der Waals surface area contributed by atoms with Gasteiger partial charge in [0.25, 0.3) is 5.56 Å². The van der Waals surface area contributed by atoms with Crippen LogP contribution in [-0.4, -0.2) is 48.2 Å². The number of piperidine rings is 1. The van der Waals surface area contributed by atoms with Crippen molar-refractivity contribution in [1.82, 2.24) is 14.8 Å². The molecule has 37 heavy (non-hydrogen) atoms. The number of fused-ring (bicyclic) bond motifs is 2. The summed E-state index contributed by atoms with van der Waals surface area (Å²) in [6.07, 6.45) is 2.08. The number of ether oxygens (including phenoxy) is 1. The van der Waals surface area contributed by atoms with Crippen LogP contribution in [0.1, 0.15) is 33.6 Å². The summed E-state index contributed by atoms with van der Waals surface area (Å²) >= 11 is 8.36. The molecule has 7 nitrogen and oxygen atoms in total. The van der Waals surface area contributed by atoms with Crippen molar-refractivity contribution in [3.63, 3.8) is 0 Å². The first-order valence-electron chi connectivity index (χ1n) is 12.5. The lowest BCUT2D eigenvalue weighted by atomic mass is 10.0. The van der Waals surface area contributed by atoms with Gasteiger partial charge in [-0.3, -0.25) is 9.59 Å². The first kappa shape index (κ1) is 25.9. The van der Waals surface area contributed by atoms with E-state index < -0.39 is 5.91 Å². The molecular formula is C28H31ClN4O3S. The highest BCUT2D eigenvalue weighted by molar-refractivity contribution is 7.19. The van der Waals surface area contributed by atoms with Crippen molar-refractivity contribution >= 4 is 49.8 Å². The van der Waals surface area contributed by atoms with Gasteiger partial charge >= 0.3 is 0 Å². The van der Waals surface area contributed by atoms with Crippen molar-refractivity contribution in [1.29, 1.82) is 0 Å². The van der Waals surface area contributed by atoms with E-state index in [0.717, 1.165) is 55.0 Å². The largest absolute Gasteiger partial charge is 0.380 e. The van der Waals surface area contributed by atoms with Crippen molar-refractivity contribution in [3.05, 3.63) is 79.9 Å². The number of hydrogen-bond acceptors (Lipinski definition) is 6. The monoisotopic (exact) mass is 538 g/mol. The van der Waals surface area contributed by atoms with Crippen LogP contribution in [0.3, 0.4) is 0 Å². The van der Waals surface area contributed by atoms with Gasteiger partial charge in [-0.1, -0.05) is 41.9 Å². The number of hydrogen-bond donors (Lipinski definition) is 2. The summed E-state index contributed by atoms with van der Waals surface area (Å²) in [4.78, 5) is 28.5. The van der Waals surface area contributed by atoms with Crippen LogP contribution in [-0.2, 0) is 24.4 Å². The van der Waals surface area contributed by atoms with Crippen LogP contribution in [0.2, 0.25) is 5.02 Å². The van der Waals surface area contributed by atoms with E-state index >= 15 is 0 Å². The first-order chi connectivity index (χ1) is 17.9. The highest BCUT2D eigenvalue weighted by Gasteiger charge is 2.21. The maximum Gasteiger partial charge on any atom is 0.251 e. The molecule has 2 aromatic carbocycles. The summed E-state index contributed by atoms with van der Waals surface area (Å²) in [7, 11) is 1.63. The molecule has 0 spiro atoms.